The van der Waals surface area contributed by atoms with Gasteiger partial charge in [-0.1, -0.05) is 0 Å². The number of carboxylic acids is 1. The lowest BCUT2D eigenvalue weighted by molar-refractivity contribution is -0.142. The molecule has 1 atom stereocenters. The number of carboxylic acid groups (broad SMARTS) is 1. The molecule has 0 aliphatic rings. The normalized spacial score (nSPS) is 15.8. The number of hydrogen-bond acceptors (Lipinski definition) is 4. The molecule has 104 valence electrons. The quantitative estimate of drug-likeness (QED) is 0.368. The Morgan fingerprint density at radius 2 is 2.22 bits per heavy atom. The highest BCUT2D eigenvalue weighted by molar-refractivity contribution is 5.77. The summed E-state index contributed by atoms with van der Waals surface area (Å²) >= 11 is 0. The van der Waals surface area contributed by atoms with Crippen LogP contribution < -0.4 is 11.1 Å². The fourth-order valence-electron chi connectivity index (χ4n) is 1.17. The summed E-state index contributed by atoms with van der Waals surface area (Å²) in [6.45, 7) is 0.337. The van der Waals surface area contributed by atoms with E-state index < -0.39 is 24.0 Å². The van der Waals surface area contributed by atoms with E-state index in [4.69, 9.17) is 16.2 Å². The fourth-order valence-corrected chi connectivity index (χ4v) is 1.17. The molecule has 0 rings (SSSR count). The average Bonchev–Trinajstić information content (AvgIpc) is 2.29. The Kier molecular flexibility index (Phi) is 7.30. The van der Waals surface area contributed by atoms with Crippen LogP contribution in [-0.4, -0.2) is 42.6 Å². The maximum Gasteiger partial charge on any atom is 0.323 e. The molecule has 0 bridgehead atoms. The Morgan fingerprint density at radius 3 is 2.67 bits per heavy atom. The smallest absolute Gasteiger partial charge is 0.323 e. The van der Waals surface area contributed by atoms with Crippen LogP contribution in [0.3, 0.4) is 0 Å². The number of aliphatic carboxylic acids is 1. The van der Waals surface area contributed by atoms with Crippen LogP contribution in [0, 0.1) is 5.41 Å². The van der Waals surface area contributed by atoms with E-state index >= 15 is 0 Å². The van der Waals surface area contributed by atoms with E-state index in [0.717, 1.165) is 6.21 Å². The van der Waals surface area contributed by atoms with Crippen LogP contribution in [0.25, 0.3) is 0 Å². The molecule has 0 spiro atoms. The van der Waals surface area contributed by atoms with Gasteiger partial charge in [0.25, 0.3) is 0 Å². The monoisotopic (exact) mass is 263 g/mol. The molecule has 0 saturated carbocycles. The van der Waals surface area contributed by atoms with Crippen molar-refractivity contribution in [3.05, 3.63) is 11.4 Å². The molecule has 0 aliphatic heterocycles. The molecule has 0 fully saturated rings. The van der Waals surface area contributed by atoms with Gasteiger partial charge in [-0.3, -0.25) is 4.79 Å². The third kappa shape index (κ3) is 5.83. The molecular formula is C11H19F2N3O2. The number of halogens is 2. The summed E-state index contributed by atoms with van der Waals surface area (Å²) in [5, 5.41) is 18.1. The summed E-state index contributed by atoms with van der Waals surface area (Å²) in [6, 6.07) is 0. The van der Waals surface area contributed by atoms with Gasteiger partial charge in [0.15, 0.2) is 0 Å². The van der Waals surface area contributed by atoms with E-state index in [2.05, 4.69) is 5.32 Å². The maximum absolute atomic E-state index is 13.5. The second-order valence-corrected chi connectivity index (χ2v) is 4.20. The van der Waals surface area contributed by atoms with E-state index in [1.807, 2.05) is 0 Å². The lowest BCUT2D eigenvalue weighted by Gasteiger charge is -2.19. The molecule has 0 aromatic heterocycles. The van der Waals surface area contributed by atoms with Crippen molar-refractivity contribution < 1.29 is 18.7 Å². The van der Waals surface area contributed by atoms with E-state index in [1.54, 1.807) is 0 Å². The second kappa shape index (κ2) is 7.88. The van der Waals surface area contributed by atoms with E-state index in [9.17, 15) is 13.6 Å². The topological polar surface area (TPSA) is 99.2 Å². The molecule has 5 nitrogen and oxygen atoms in total. The van der Waals surface area contributed by atoms with Crippen molar-refractivity contribution in [3.8, 4) is 0 Å². The van der Waals surface area contributed by atoms with Gasteiger partial charge in [-0.15, -0.1) is 0 Å². The standard InChI is InChI=1S/C11H19F2N3O2/c1-11(15,10(17)18)3-2-8(6-12)9(13)7-16-5-4-14/h4,14,16H,2-3,5-7,15H2,1H3,(H,17,18)/b9-8-,14-4?/t11-/m0/s1. The molecule has 0 aliphatic carbocycles. The first-order valence-corrected chi connectivity index (χ1v) is 5.49. The van der Waals surface area contributed by atoms with Gasteiger partial charge < -0.3 is 21.6 Å². The summed E-state index contributed by atoms with van der Waals surface area (Å²) < 4.78 is 26.1. The van der Waals surface area contributed by atoms with Gasteiger partial charge in [-0.25, -0.2) is 8.78 Å². The van der Waals surface area contributed by atoms with Gasteiger partial charge in [-0.2, -0.15) is 0 Å². The molecule has 5 N–H and O–H groups in total. The summed E-state index contributed by atoms with van der Waals surface area (Å²) in [6.07, 6.45) is 0.970. The first kappa shape index (κ1) is 16.7. The number of alkyl halides is 1. The lowest BCUT2D eigenvalue weighted by Crippen LogP contribution is -2.44. The largest absolute Gasteiger partial charge is 0.480 e. The Morgan fingerprint density at radius 1 is 1.61 bits per heavy atom. The third-order valence-corrected chi connectivity index (χ3v) is 2.51. The summed E-state index contributed by atoms with van der Waals surface area (Å²) in [4.78, 5) is 10.7. The predicted octanol–water partition coefficient (Wildman–Crippen LogP) is 1.00. The number of allylic oxidation sites excluding steroid dienone is 1. The van der Waals surface area contributed by atoms with Crippen molar-refractivity contribution in [1.29, 1.82) is 5.41 Å². The van der Waals surface area contributed by atoms with Crippen LogP contribution in [0.2, 0.25) is 0 Å². The van der Waals surface area contributed by atoms with E-state index in [-0.39, 0.29) is 31.5 Å². The Labute approximate surface area is 105 Å². The molecule has 0 amide bonds. The van der Waals surface area contributed by atoms with Gasteiger partial charge in [0, 0.05) is 19.3 Å². The molecule has 0 radical (unpaired) electrons. The highest BCUT2D eigenvalue weighted by atomic mass is 19.1. The van der Waals surface area contributed by atoms with Gasteiger partial charge >= 0.3 is 5.97 Å². The van der Waals surface area contributed by atoms with Crippen molar-refractivity contribution >= 4 is 12.2 Å². The molecule has 7 heteroatoms. The van der Waals surface area contributed by atoms with Crippen LogP contribution in [0.4, 0.5) is 8.78 Å². The van der Waals surface area contributed by atoms with Crippen molar-refractivity contribution in [1.82, 2.24) is 5.32 Å². The number of rotatable bonds is 9. The van der Waals surface area contributed by atoms with Crippen LogP contribution in [0.5, 0.6) is 0 Å². The van der Waals surface area contributed by atoms with E-state index in [0.29, 0.717) is 0 Å². The molecule has 0 unspecified atom stereocenters. The minimum absolute atomic E-state index is 0.0421. The Hall–Kier alpha value is -1.34. The van der Waals surface area contributed by atoms with Crippen molar-refractivity contribution in [2.24, 2.45) is 5.73 Å². The number of hydrogen-bond donors (Lipinski definition) is 4. The molecule has 0 heterocycles. The summed E-state index contributed by atoms with van der Waals surface area (Å²) in [5.74, 6) is -1.87. The van der Waals surface area contributed by atoms with Crippen LogP contribution >= 0.6 is 0 Å². The Balaban J connectivity index is 4.45. The van der Waals surface area contributed by atoms with Gasteiger partial charge in [0.05, 0.1) is 0 Å². The van der Waals surface area contributed by atoms with E-state index in [1.165, 1.54) is 6.92 Å². The highest BCUT2D eigenvalue weighted by Gasteiger charge is 2.28. The van der Waals surface area contributed by atoms with Gasteiger partial charge in [-0.05, 0) is 25.3 Å². The molecule has 18 heavy (non-hydrogen) atoms. The molecular weight excluding hydrogens is 244 g/mol. The molecule has 0 aromatic rings. The highest BCUT2D eigenvalue weighted by Crippen LogP contribution is 2.18. The first-order valence-electron chi connectivity index (χ1n) is 5.49. The molecule has 0 saturated heterocycles. The number of nitrogens with two attached hydrogens (primary N) is 1. The van der Waals surface area contributed by atoms with Crippen molar-refractivity contribution in [2.45, 2.75) is 25.3 Å². The van der Waals surface area contributed by atoms with Crippen LogP contribution in [0.15, 0.2) is 11.4 Å². The zero-order chi connectivity index (χ0) is 14.2. The minimum Gasteiger partial charge on any atom is -0.480 e. The zero-order valence-electron chi connectivity index (χ0n) is 10.3. The summed E-state index contributed by atoms with van der Waals surface area (Å²) in [5.41, 5.74) is 3.88. The first-order chi connectivity index (χ1) is 8.35. The minimum atomic E-state index is -1.50. The van der Waals surface area contributed by atoms with Crippen molar-refractivity contribution in [3.63, 3.8) is 0 Å². The SMILES string of the molecule is C[C@](N)(CC/C(CF)=C(/F)CNCC=N)C(=O)O. The van der Waals surface area contributed by atoms with Crippen molar-refractivity contribution in [2.75, 3.05) is 19.8 Å². The van der Waals surface area contributed by atoms with Crippen LogP contribution in [0.1, 0.15) is 19.8 Å². The summed E-state index contributed by atoms with van der Waals surface area (Å²) in [7, 11) is 0. The predicted molar refractivity (Wildman–Crippen MR) is 65.2 cm³/mol. The fraction of sp³-hybridized carbons (Fsp3) is 0.636. The number of carbonyl (C=O) groups is 1. The number of nitrogens with one attached hydrogen (secondary N) is 2. The zero-order valence-corrected chi connectivity index (χ0v) is 10.3. The van der Waals surface area contributed by atoms with Gasteiger partial charge in [0.1, 0.15) is 18.0 Å². The third-order valence-electron chi connectivity index (χ3n) is 2.51. The molecule has 0 aromatic carbocycles. The average molecular weight is 263 g/mol. The second-order valence-electron chi connectivity index (χ2n) is 4.20. The maximum atomic E-state index is 13.5. The van der Waals surface area contributed by atoms with Crippen LogP contribution in [-0.2, 0) is 4.79 Å². The Bertz CT molecular complexity index is 330. The van der Waals surface area contributed by atoms with Gasteiger partial charge in [0.2, 0.25) is 0 Å². The lowest BCUT2D eigenvalue weighted by atomic mass is 9.94.